The van der Waals surface area contributed by atoms with Crippen LogP contribution < -0.4 is 10.6 Å². The number of anilines is 1. The highest BCUT2D eigenvalue weighted by Crippen LogP contribution is 2.22. The summed E-state index contributed by atoms with van der Waals surface area (Å²) in [6.45, 7) is 2.41. The molecule has 0 bridgehead atoms. The number of benzene rings is 3. The lowest BCUT2D eigenvalue weighted by Gasteiger charge is -2.11. The van der Waals surface area contributed by atoms with Gasteiger partial charge < -0.3 is 10.6 Å². The van der Waals surface area contributed by atoms with Crippen LogP contribution in [0.15, 0.2) is 72.8 Å². The zero-order chi connectivity index (χ0) is 20.9. The molecule has 0 aliphatic rings. The zero-order valence-electron chi connectivity index (χ0n) is 16.5. The Balaban J connectivity index is 1.41. The van der Waals surface area contributed by atoms with E-state index >= 15 is 0 Å². The fourth-order valence-electron chi connectivity index (χ4n) is 3.18. The van der Waals surface area contributed by atoms with E-state index < -0.39 is 0 Å². The molecule has 5 nitrogen and oxygen atoms in total. The molecule has 0 saturated heterocycles. The first-order valence-electron chi connectivity index (χ1n) is 9.70. The Morgan fingerprint density at radius 1 is 0.933 bits per heavy atom. The van der Waals surface area contributed by atoms with E-state index in [4.69, 9.17) is 0 Å². The summed E-state index contributed by atoms with van der Waals surface area (Å²) in [7, 11) is 0. The second kappa shape index (κ2) is 8.88. The summed E-state index contributed by atoms with van der Waals surface area (Å²) in [4.78, 5) is 29.9. The second-order valence-corrected chi connectivity index (χ2v) is 8.07. The third-order valence-electron chi connectivity index (χ3n) is 4.66. The molecule has 4 aromatic rings. The van der Waals surface area contributed by atoms with Crippen molar-refractivity contribution < 1.29 is 9.59 Å². The lowest BCUT2D eigenvalue weighted by molar-refractivity contribution is 0.0955. The van der Waals surface area contributed by atoms with E-state index in [1.807, 2.05) is 49.4 Å². The van der Waals surface area contributed by atoms with Crippen LogP contribution in [0.5, 0.6) is 0 Å². The molecule has 0 spiro atoms. The average molecular weight is 416 g/mol. The van der Waals surface area contributed by atoms with Crippen molar-refractivity contribution in [2.24, 2.45) is 0 Å². The molecule has 30 heavy (non-hydrogen) atoms. The quantitative estimate of drug-likeness (QED) is 0.474. The minimum absolute atomic E-state index is 0.226. The molecule has 0 fully saturated rings. The molecule has 3 aromatic carbocycles. The van der Waals surface area contributed by atoms with E-state index in [1.54, 1.807) is 41.7 Å². The summed E-state index contributed by atoms with van der Waals surface area (Å²) >= 11 is 1.64. The van der Waals surface area contributed by atoms with Crippen molar-refractivity contribution in [3.63, 3.8) is 0 Å². The highest BCUT2D eigenvalue weighted by Gasteiger charge is 2.14. The van der Waals surface area contributed by atoms with Crippen LogP contribution in [0.3, 0.4) is 0 Å². The monoisotopic (exact) mass is 415 g/mol. The van der Waals surface area contributed by atoms with E-state index in [-0.39, 0.29) is 11.8 Å². The molecule has 0 aliphatic carbocycles. The first-order chi connectivity index (χ1) is 14.6. The van der Waals surface area contributed by atoms with Crippen LogP contribution in [0.4, 0.5) is 5.69 Å². The highest BCUT2D eigenvalue weighted by atomic mass is 32.1. The van der Waals surface area contributed by atoms with Gasteiger partial charge in [-0.15, -0.1) is 11.3 Å². The Kier molecular flexibility index (Phi) is 5.86. The van der Waals surface area contributed by atoms with Crippen LogP contribution in [-0.4, -0.2) is 23.3 Å². The van der Waals surface area contributed by atoms with Crippen LogP contribution in [0.25, 0.3) is 10.2 Å². The van der Waals surface area contributed by atoms with Gasteiger partial charge in [0.15, 0.2) is 0 Å². The number of nitrogens with zero attached hydrogens (tertiary/aromatic N) is 1. The van der Waals surface area contributed by atoms with Crippen molar-refractivity contribution in [1.82, 2.24) is 10.3 Å². The zero-order valence-corrected chi connectivity index (χ0v) is 17.3. The highest BCUT2D eigenvalue weighted by molar-refractivity contribution is 7.18. The molecule has 2 N–H and O–H groups in total. The maximum absolute atomic E-state index is 12.7. The number of carbonyl (C=O) groups excluding carboxylic acids is 2. The SMILES string of the molecule is Cc1cccc(C(=O)Nc2ccccc2C(=O)NCCc2nc3ccccc3s2)c1. The van der Waals surface area contributed by atoms with Crippen molar-refractivity contribution >= 4 is 39.1 Å². The fraction of sp³-hybridized carbons (Fsp3) is 0.125. The van der Waals surface area contributed by atoms with Gasteiger partial charge in [-0.2, -0.15) is 0 Å². The lowest BCUT2D eigenvalue weighted by Crippen LogP contribution is -2.27. The molecule has 150 valence electrons. The molecule has 2 amide bonds. The summed E-state index contributed by atoms with van der Waals surface area (Å²) in [5.74, 6) is -0.468. The molecule has 0 atom stereocenters. The number of para-hydroxylation sites is 2. The summed E-state index contributed by atoms with van der Waals surface area (Å²) in [6.07, 6.45) is 0.656. The van der Waals surface area contributed by atoms with Crippen LogP contribution in [0.2, 0.25) is 0 Å². The minimum atomic E-state index is -0.242. The maximum Gasteiger partial charge on any atom is 0.255 e. The number of carbonyl (C=O) groups is 2. The summed E-state index contributed by atoms with van der Waals surface area (Å²) in [6, 6.07) is 22.4. The normalized spacial score (nSPS) is 10.7. The predicted molar refractivity (Wildman–Crippen MR) is 121 cm³/mol. The summed E-state index contributed by atoms with van der Waals surface area (Å²) in [5.41, 5.74) is 3.46. The van der Waals surface area contributed by atoms with Crippen LogP contribution in [-0.2, 0) is 6.42 Å². The van der Waals surface area contributed by atoms with Gasteiger partial charge in [-0.1, -0.05) is 42.0 Å². The Bertz CT molecular complexity index is 1180. The van der Waals surface area contributed by atoms with Crippen molar-refractivity contribution in [1.29, 1.82) is 0 Å². The minimum Gasteiger partial charge on any atom is -0.352 e. The number of rotatable bonds is 6. The van der Waals surface area contributed by atoms with Gasteiger partial charge in [0, 0.05) is 18.5 Å². The van der Waals surface area contributed by atoms with Gasteiger partial charge >= 0.3 is 0 Å². The number of thiazole rings is 1. The van der Waals surface area contributed by atoms with Crippen LogP contribution in [0.1, 0.15) is 31.3 Å². The molecule has 6 heteroatoms. The lowest BCUT2D eigenvalue weighted by atomic mass is 10.1. The molecule has 0 radical (unpaired) electrons. The van der Waals surface area contributed by atoms with Crippen LogP contribution in [0, 0.1) is 6.92 Å². The molecular weight excluding hydrogens is 394 g/mol. The van der Waals surface area contributed by atoms with Crippen molar-refractivity contribution in [2.75, 3.05) is 11.9 Å². The van der Waals surface area contributed by atoms with E-state index in [0.717, 1.165) is 20.8 Å². The first kappa shape index (κ1) is 19.8. The van der Waals surface area contributed by atoms with Crippen molar-refractivity contribution in [3.05, 3.63) is 94.5 Å². The smallest absolute Gasteiger partial charge is 0.255 e. The van der Waals surface area contributed by atoms with Crippen molar-refractivity contribution in [3.8, 4) is 0 Å². The van der Waals surface area contributed by atoms with E-state index in [0.29, 0.717) is 29.8 Å². The summed E-state index contributed by atoms with van der Waals surface area (Å²) < 4.78 is 1.14. The third kappa shape index (κ3) is 4.55. The molecule has 4 rings (SSSR count). The topological polar surface area (TPSA) is 71.1 Å². The average Bonchev–Trinajstić information content (AvgIpc) is 3.17. The van der Waals surface area contributed by atoms with Gasteiger partial charge in [-0.25, -0.2) is 4.98 Å². The maximum atomic E-state index is 12.7. The molecule has 1 heterocycles. The fourth-order valence-corrected chi connectivity index (χ4v) is 4.14. The molecular formula is C24H21N3O2S. The van der Waals surface area contributed by atoms with Gasteiger partial charge in [-0.3, -0.25) is 9.59 Å². The largest absolute Gasteiger partial charge is 0.352 e. The molecule has 1 aromatic heterocycles. The van der Waals surface area contributed by atoms with E-state index in [9.17, 15) is 9.59 Å². The number of fused-ring (bicyclic) bond motifs is 1. The second-order valence-electron chi connectivity index (χ2n) is 6.95. The number of hydrogen-bond donors (Lipinski definition) is 2. The molecule has 0 saturated carbocycles. The van der Waals surface area contributed by atoms with Gasteiger partial charge in [0.25, 0.3) is 11.8 Å². The van der Waals surface area contributed by atoms with Gasteiger partial charge in [0.1, 0.15) is 0 Å². The van der Waals surface area contributed by atoms with E-state index in [2.05, 4.69) is 15.6 Å². The number of aromatic nitrogens is 1. The van der Waals surface area contributed by atoms with Crippen molar-refractivity contribution in [2.45, 2.75) is 13.3 Å². The number of nitrogens with one attached hydrogen (secondary N) is 2. The predicted octanol–water partition coefficient (Wildman–Crippen LogP) is 4.83. The molecule has 0 unspecified atom stereocenters. The Morgan fingerprint density at radius 3 is 2.57 bits per heavy atom. The number of aryl methyl sites for hydroxylation is 1. The first-order valence-corrected chi connectivity index (χ1v) is 10.5. The van der Waals surface area contributed by atoms with Gasteiger partial charge in [0.2, 0.25) is 0 Å². The van der Waals surface area contributed by atoms with Gasteiger partial charge in [0.05, 0.1) is 26.5 Å². The summed E-state index contributed by atoms with van der Waals surface area (Å²) in [5, 5.41) is 6.77. The standard InChI is InChI=1S/C24H21N3O2S/c1-16-7-6-8-17(15-16)23(28)27-19-10-3-2-9-18(19)24(29)25-14-13-22-26-20-11-4-5-12-21(20)30-22/h2-12,15H,13-14H2,1H3,(H,25,29)(H,27,28). The Morgan fingerprint density at radius 2 is 1.73 bits per heavy atom. The Hall–Kier alpha value is -3.51. The Labute approximate surface area is 178 Å². The van der Waals surface area contributed by atoms with Gasteiger partial charge in [-0.05, 0) is 43.3 Å². The van der Waals surface area contributed by atoms with Crippen LogP contribution >= 0.6 is 11.3 Å². The molecule has 0 aliphatic heterocycles. The number of hydrogen-bond acceptors (Lipinski definition) is 4. The third-order valence-corrected chi connectivity index (χ3v) is 5.76. The van der Waals surface area contributed by atoms with E-state index in [1.165, 1.54) is 0 Å². The number of amides is 2.